The zero-order chi connectivity index (χ0) is 34.4. The molecule has 0 aliphatic rings. The average Bonchev–Trinajstić information content (AvgIpc) is 3.58. The fourth-order valence-corrected chi connectivity index (χ4v) is 7.95. The summed E-state index contributed by atoms with van der Waals surface area (Å²) in [4.78, 5) is 2.44. The second kappa shape index (κ2) is 12.5. The standard InChI is InChI=1S/C50H34N2/c1-4-15-35(16-5-1)37-27-30-42(31-28-37)51(43-32-29-36-17-10-11-20-39(36)33-43)47-26-14-25-45-48-46(38-18-6-2-7-19-38)34-40-21-12-13-24-44(40)50(48)52(49(45)47)41-22-8-3-9-23-41/h1-34H. The van der Waals surface area contributed by atoms with Crippen molar-refractivity contribution in [2.75, 3.05) is 4.90 Å². The zero-order valence-electron chi connectivity index (χ0n) is 28.5. The summed E-state index contributed by atoms with van der Waals surface area (Å²) in [5.41, 5.74) is 11.7. The second-order valence-corrected chi connectivity index (χ2v) is 13.4. The van der Waals surface area contributed by atoms with Gasteiger partial charge in [0.25, 0.3) is 0 Å². The maximum atomic E-state index is 2.50. The van der Waals surface area contributed by atoms with Crippen LogP contribution in [0.25, 0.3) is 71.3 Å². The Bertz CT molecular complexity index is 2870. The Hall–Kier alpha value is -6.90. The lowest BCUT2D eigenvalue weighted by Gasteiger charge is -2.27. The zero-order valence-corrected chi connectivity index (χ0v) is 28.5. The van der Waals surface area contributed by atoms with Crippen LogP contribution < -0.4 is 4.90 Å². The minimum atomic E-state index is 1.10. The highest BCUT2D eigenvalue weighted by molar-refractivity contribution is 6.26. The second-order valence-electron chi connectivity index (χ2n) is 13.4. The molecule has 0 N–H and O–H groups in total. The molecular weight excluding hydrogens is 629 g/mol. The summed E-state index contributed by atoms with van der Waals surface area (Å²) in [5, 5.41) is 7.35. The average molecular weight is 663 g/mol. The highest BCUT2D eigenvalue weighted by Crippen LogP contribution is 2.48. The third kappa shape index (κ3) is 4.96. The molecule has 52 heavy (non-hydrogen) atoms. The number of hydrogen-bond acceptors (Lipinski definition) is 1. The summed E-state index contributed by atoms with van der Waals surface area (Å²) in [6.07, 6.45) is 0. The summed E-state index contributed by atoms with van der Waals surface area (Å²) in [6.45, 7) is 0. The summed E-state index contributed by atoms with van der Waals surface area (Å²) < 4.78 is 2.50. The maximum absolute atomic E-state index is 2.50. The van der Waals surface area contributed by atoms with Crippen LogP contribution in [0.2, 0.25) is 0 Å². The van der Waals surface area contributed by atoms with Crippen molar-refractivity contribution in [3.8, 4) is 27.9 Å². The van der Waals surface area contributed by atoms with Gasteiger partial charge in [0.2, 0.25) is 0 Å². The van der Waals surface area contributed by atoms with Gasteiger partial charge in [0.1, 0.15) is 0 Å². The Kier molecular flexibility index (Phi) is 7.18. The van der Waals surface area contributed by atoms with Gasteiger partial charge < -0.3 is 9.47 Å². The van der Waals surface area contributed by atoms with Crippen LogP contribution in [0.4, 0.5) is 17.1 Å². The molecular formula is C50H34N2. The molecule has 0 spiro atoms. The van der Waals surface area contributed by atoms with Gasteiger partial charge in [-0.15, -0.1) is 0 Å². The molecule has 2 nitrogen and oxygen atoms in total. The molecule has 0 fully saturated rings. The van der Waals surface area contributed by atoms with E-state index in [0.717, 1.165) is 28.3 Å². The molecule has 2 heteroatoms. The molecule has 244 valence electrons. The van der Waals surface area contributed by atoms with Gasteiger partial charge in [0.05, 0.1) is 16.7 Å². The van der Waals surface area contributed by atoms with Gasteiger partial charge in [-0.05, 0) is 86.9 Å². The predicted molar refractivity (Wildman–Crippen MR) is 221 cm³/mol. The predicted octanol–water partition coefficient (Wildman–Crippen LogP) is 13.9. The van der Waals surface area contributed by atoms with E-state index in [1.807, 2.05) is 0 Å². The molecule has 0 radical (unpaired) electrons. The van der Waals surface area contributed by atoms with Crippen molar-refractivity contribution < 1.29 is 0 Å². The molecule has 1 heterocycles. The molecule has 1 aromatic heterocycles. The van der Waals surface area contributed by atoms with E-state index in [9.17, 15) is 0 Å². The van der Waals surface area contributed by atoms with Crippen molar-refractivity contribution in [1.29, 1.82) is 0 Å². The summed E-state index contributed by atoms with van der Waals surface area (Å²) in [5.74, 6) is 0. The van der Waals surface area contributed by atoms with Gasteiger partial charge >= 0.3 is 0 Å². The first kappa shape index (κ1) is 30.0. The molecule has 0 amide bonds. The minimum absolute atomic E-state index is 1.10. The Balaban J connectivity index is 1.34. The molecule has 0 saturated carbocycles. The molecule has 0 aliphatic heterocycles. The topological polar surface area (TPSA) is 8.17 Å². The monoisotopic (exact) mass is 662 g/mol. The normalized spacial score (nSPS) is 11.5. The lowest BCUT2D eigenvalue weighted by Crippen LogP contribution is -2.11. The van der Waals surface area contributed by atoms with Crippen LogP contribution in [0.15, 0.2) is 206 Å². The Morgan fingerprint density at radius 2 is 0.923 bits per heavy atom. The van der Waals surface area contributed by atoms with Gasteiger partial charge in [0, 0.05) is 33.2 Å². The van der Waals surface area contributed by atoms with E-state index in [4.69, 9.17) is 0 Å². The molecule has 0 atom stereocenters. The Morgan fingerprint density at radius 1 is 0.346 bits per heavy atom. The Morgan fingerprint density at radius 3 is 1.67 bits per heavy atom. The highest BCUT2D eigenvalue weighted by atomic mass is 15.2. The molecule has 0 aliphatic carbocycles. The number of para-hydroxylation sites is 2. The maximum Gasteiger partial charge on any atom is 0.0782 e. The van der Waals surface area contributed by atoms with Crippen LogP contribution >= 0.6 is 0 Å². The van der Waals surface area contributed by atoms with Crippen molar-refractivity contribution in [3.63, 3.8) is 0 Å². The SMILES string of the molecule is c1ccc(-c2ccc(N(c3ccc4ccccc4c3)c3cccc4c5c(-c6ccccc6)cc6ccccc6c5n(-c5ccccc5)c34)cc2)cc1. The molecule has 9 aromatic carbocycles. The van der Waals surface area contributed by atoms with E-state index in [-0.39, 0.29) is 0 Å². The Labute approximate surface area is 303 Å². The van der Waals surface area contributed by atoms with E-state index >= 15 is 0 Å². The molecule has 0 bridgehead atoms. The summed E-state index contributed by atoms with van der Waals surface area (Å²) in [6, 6.07) is 74.7. The summed E-state index contributed by atoms with van der Waals surface area (Å²) >= 11 is 0. The smallest absolute Gasteiger partial charge is 0.0782 e. The molecule has 10 aromatic rings. The first-order valence-electron chi connectivity index (χ1n) is 17.9. The molecule has 10 rings (SSSR count). The quantitative estimate of drug-likeness (QED) is 0.172. The number of anilines is 3. The van der Waals surface area contributed by atoms with Crippen LogP contribution in [0.3, 0.4) is 0 Å². The fraction of sp³-hybridized carbons (Fsp3) is 0. The van der Waals surface area contributed by atoms with Gasteiger partial charge in [0.15, 0.2) is 0 Å². The third-order valence-electron chi connectivity index (χ3n) is 10.3. The number of rotatable bonds is 6. The number of nitrogens with zero attached hydrogens (tertiary/aromatic N) is 2. The van der Waals surface area contributed by atoms with Crippen LogP contribution in [0.1, 0.15) is 0 Å². The largest absolute Gasteiger partial charge is 0.308 e. The molecule has 0 unspecified atom stereocenters. The van der Waals surface area contributed by atoms with Gasteiger partial charge in [-0.25, -0.2) is 0 Å². The van der Waals surface area contributed by atoms with E-state index in [0.29, 0.717) is 0 Å². The van der Waals surface area contributed by atoms with E-state index < -0.39 is 0 Å². The number of benzene rings is 9. The number of fused-ring (bicyclic) bond motifs is 6. The van der Waals surface area contributed by atoms with Gasteiger partial charge in [-0.3, -0.25) is 0 Å². The van der Waals surface area contributed by atoms with Crippen LogP contribution in [-0.2, 0) is 0 Å². The van der Waals surface area contributed by atoms with Crippen LogP contribution in [-0.4, -0.2) is 4.57 Å². The number of hydrogen-bond donors (Lipinski definition) is 0. The highest BCUT2D eigenvalue weighted by Gasteiger charge is 2.25. The van der Waals surface area contributed by atoms with Crippen LogP contribution in [0.5, 0.6) is 0 Å². The van der Waals surface area contributed by atoms with Crippen molar-refractivity contribution in [1.82, 2.24) is 4.57 Å². The van der Waals surface area contributed by atoms with E-state index in [2.05, 4.69) is 216 Å². The third-order valence-corrected chi connectivity index (χ3v) is 10.3. The van der Waals surface area contributed by atoms with Gasteiger partial charge in [-0.1, -0.05) is 158 Å². The van der Waals surface area contributed by atoms with E-state index in [1.54, 1.807) is 0 Å². The van der Waals surface area contributed by atoms with Crippen molar-refractivity contribution in [2.24, 2.45) is 0 Å². The first-order valence-corrected chi connectivity index (χ1v) is 17.9. The van der Waals surface area contributed by atoms with Crippen molar-refractivity contribution in [2.45, 2.75) is 0 Å². The van der Waals surface area contributed by atoms with E-state index in [1.165, 1.54) is 60.1 Å². The molecule has 0 saturated heterocycles. The first-order chi connectivity index (χ1) is 25.8. The van der Waals surface area contributed by atoms with Gasteiger partial charge in [-0.2, -0.15) is 0 Å². The van der Waals surface area contributed by atoms with Crippen LogP contribution in [0, 0.1) is 0 Å². The minimum Gasteiger partial charge on any atom is -0.308 e. The summed E-state index contributed by atoms with van der Waals surface area (Å²) in [7, 11) is 0. The lowest BCUT2D eigenvalue weighted by atomic mass is 9.95. The van der Waals surface area contributed by atoms with Crippen molar-refractivity contribution in [3.05, 3.63) is 206 Å². The number of aromatic nitrogens is 1. The lowest BCUT2D eigenvalue weighted by molar-refractivity contribution is 1.17. The fourth-order valence-electron chi connectivity index (χ4n) is 7.95. The van der Waals surface area contributed by atoms with Crippen molar-refractivity contribution >= 4 is 60.4 Å².